The smallest absolute Gasteiger partial charge is 0.238 e. The number of hydrogen-bond donors (Lipinski definition) is 1. The van der Waals surface area contributed by atoms with Crippen LogP contribution in [-0.2, 0) is 24.6 Å². The number of hydrogen-bond acceptors (Lipinski definition) is 7. The Morgan fingerprint density at radius 3 is 2.06 bits per heavy atom. The van der Waals surface area contributed by atoms with E-state index in [1.807, 2.05) is 66.7 Å². The number of phenolic OH excluding ortho intramolecular Hbond substituents is 1. The topological polar surface area (TPSA) is 110 Å². The molecule has 8 nitrogen and oxygen atoms in total. The van der Waals surface area contributed by atoms with Gasteiger partial charge in [0.05, 0.1) is 37.2 Å². The van der Waals surface area contributed by atoms with Crippen LogP contribution in [0.25, 0.3) is 5.57 Å². The van der Waals surface area contributed by atoms with Crippen LogP contribution in [0.3, 0.4) is 0 Å². The molecule has 1 aliphatic heterocycles. The summed E-state index contributed by atoms with van der Waals surface area (Å²) in [6, 6.07) is 27.9. The number of benzene rings is 4. The van der Waals surface area contributed by atoms with Gasteiger partial charge in [0.25, 0.3) is 0 Å². The molecule has 1 heterocycles. The van der Waals surface area contributed by atoms with Gasteiger partial charge in [-0.15, -0.1) is 0 Å². The molecule has 0 radical (unpaired) electrons. The number of imide groups is 1. The van der Waals surface area contributed by atoms with Crippen molar-refractivity contribution in [3.8, 4) is 17.2 Å². The molecule has 0 bridgehead atoms. The summed E-state index contributed by atoms with van der Waals surface area (Å²) in [6.45, 7) is 0. The Morgan fingerprint density at radius 2 is 1.43 bits per heavy atom. The SMILES string of the molecule is COc1cc(O)cc(OC)c1[C@H]1C2=CC[C@@H]3C(=O)N(c4ccc(Cl)cc4)C(=O)[C@@H]3[C@@H]2C[C@H]2C(=O)C(c3ccccc3)=CC(=O)[C@@]12c1ccccc1. The maximum atomic E-state index is 15.3. The molecule has 256 valence electrons. The highest BCUT2D eigenvalue weighted by Gasteiger charge is 2.66. The Bertz CT molecular complexity index is 2140. The van der Waals surface area contributed by atoms with Crippen molar-refractivity contribution in [2.75, 3.05) is 19.1 Å². The van der Waals surface area contributed by atoms with Gasteiger partial charge in [0.15, 0.2) is 11.6 Å². The van der Waals surface area contributed by atoms with Gasteiger partial charge in [-0.05, 0) is 60.2 Å². The molecule has 2 amide bonds. The summed E-state index contributed by atoms with van der Waals surface area (Å²) >= 11 is 6.15. The van der Waals surface area contributed by atoms with Gasteiger partial charge in [0, 0.05) is 40.1 Å². The van der Waals surface area contributed by atoms with E-state index in [4.69, 9.17) is 21.1 Å². The zero-order valence-corrected chi connectivity index (χ0v) is 28.7. The minimum atomic E-state index is -1.48. The number of ketones is 2. The standard InChI is InChI=1S/C42H34ClNO7/c1-50-33-19-27(45)20-34(51-2)37(33)38-28-17-18-29-36(41(49)44(40(29)48)26-15-13-25(43)14-16-26)31(28)21-32-39(47)30(23-9-5-3-6-10-23)22-35(46)42(32,38)24-11-7-4-8-12-24/h3-17,19-20,22,29,31-32,36,38,45H,18,21H2,1-2H3/t29-,31+,32-,36-,38+,42-/m0/s1. The van der Waals surface area contributed by atoms with E-state index in [1.54, 1.807) is 24.3 Å². The number of ether oxygens (including phenoxy) is 2. The lowest BCUT2D eigenvalue weighted by atomic mass is 9.44. The highest BCUT2D eigenvalue weighted by molar-refractivity contribution is 6.32. The second kappa shape index (κ2) is 12.4. The average molecular weight is 700 g/mol. The number of rotatable bonds is 6. The van der Waals surface area contributed by atoms with Crippen LogP contribution >= 0.6 is 11.6 Å². The first-order chi connectivity index (χ1) is 24.7. The fourth-order valence-electron chi connectivity index (χ4n) is 9.24. The van der Waals surface area contributed by atoms with Gasteiger partial charge in [-0.1, -0.05) is 83.9 Å². The van der Waals surface area contributed by atoms with E-state index in [2.05, 4.69) is 0 Å². The van der Waals surface area contributed by atoms with Crippen molar-refractivity contribution in [3.05, 3.63) is 137 Å². The number of methoxy groups -OCH3 is 2. The molecule has 0 spiro atoms. The van der Waals surface area contributed by atoms with Crippen LogP contribution in [0.15, 0.2) is 115 Å². The monoisotopic (exact) mass is 699 g/mol. The largest absolute Gasteiger partial charge is 0.508 e. The number of allylic oxidation sites excluding steroid dienone is 4. The van der Waals surface area contributed by atoms with Crippen LogP contribution in [0.1, 0.15) is 35.4 Å². The summed E-state index contributed by atoms with van der Waals surface area (Å²) < 4.78 is 11.8. The van der Waals surface area contributed by atoms with E-state index in [1.165, 1.54) is 37.3 Å². The minimum Gasteiger partial charge on any atom is -0.508 e. The van der Waals surface area contributed by atoms with Gasteiger partial charge < -0.3 is 14.6 Å². The Morgan fingerprint density at radius 1 is 0.804 bits per heavy atom. The van der Waals surface area contributed by atoms with E-state index in [9.17, 15) is 14.7 Å². The molecule has 3 aliphatic carbocycles. The molecule has 2 fully saturated rings. The third-order valence-corrected chi connectivity index (χ3v) is 11.5. The predicted molar refractivity (Wildman–Crippen MR) is 192 cm³/mol. The second-order valence-electron chi connectivity index (χ2n) is 13.5. The lowest BCUT2D eigenvalue weighted by molar-refractivity contribution is -0.135. The Kier molecular flexibility index (Phi) is 7.95. The third-order valence-electron chi connectivity index (χ3n) is 11.3. The number of amides is 2. The third kappa shape index (κ3) is 4.80. The molecule has 9 heteroatoms. The summed E-state index contributed by atoms with van der Waals surface area (Å²) in [5, 5.41) is 11.2. The summed E-state index contributed by atoms with van der Waals surface area (Å²) in [4.78, 5) is 60.3. The van der Waals surface area contributed by atoms with Crippen molar-refractivity contribution in [1.29, 1.82) is 0 Å². The highest BCUT2D eigenvalue weighted by Crippen LogP contribution is 2.65. The summed E-state index contributed by atoms with van der Waals surface area (Å²) in [6.07, 6.45) is 3.86. The Balaban J connectivity index is 1.40. The first-order valence-electron chi connectivity index (χ1n) is 16.9. The van der Waals surface area contributed by atoms with E-state index >= 15 is 9.59 Å². The van der Waals surface area contributed by atoms with Crippen LogP contribution in [0, 0.1) is 23.7 Å². The van der Waals surface area contributed by atoms with Crippen molar-refractivity contribution in [2.24, 2.45) is 23.7 Å². The van der Waals surface area contributed by atoms with Gasteiger partial charge in [-0.3, -0.25) is 24.1 Å². The molecule has 6 atom stereocenters. The lowest BCUT2D eigenvalue weighted by Crippen LogP contribution is -2.59. The van der Waals surface area contributed by atoms with E-state index < -0.39 is 35.0 Å². The van der Waals surface area contributed by atoms with Crippen LogP contribution in [-0.4, -0.2) is 42.7 Å². The zero-order chi connectivity index (χ0) is 35.6. The molecule has 4 aromatic rings. The molecule has 8 rings (SSSR count). The van der Waals surface area contributed by atoms with Gasteiger partial charge in [0.2, 0.25) is 11.8 Å². The minimum absolute atomic E-state index is 0.102. The Labute approximate surface area is 299 Å². The second-order valence-corrected chi connectivity index (χ2v) is 14.0. The molecule has 51 heavy (non-hydrogen) atoms. The molecule has 0 aromatic heterocycles. The molecule has 4 aromatic carbocycles. The number of phenols is 1. The average Bonchev–Trinajstić information content (AvgIpc) is 3.41. The van der Waals surface area contributed by atoms with Gasteiger partial charge in [-0.2, -0.15) is 0 Å². The Hall–Kier alpha value is -5.47. The fraction of sp³-hybridized carbons (Fsp3) is 0.238. The lowest BCUT2D eigenvalue weighted by Gasteiger charge is -2.55. The van der Waals surface area contributed by atoms with E-state index in [-0.39, 0.29) is 53.5 Å². The molecule has 1 saturated carbocycles. The van der Waals surface area contributed by atoms with Gasteiger partial charge in [0.1, 0.15) is 17.2 Å². The quantitative estimate of drug-likeness (QED) is 0.169. The maximum absolute atomic E-state index is 15.3. The van der Waals surface area contributed by atoms with E-state index in [0.29, 0.717) is 33.0 Å². The molecule has 1 N–H and O–H groups in total. The number of nitrogens with zero attached hydrogens (tertiary/aromatic N) is 1. The predicted octanol–water partition coefficient (Wildman–Crippen LogP) is 7.09. The summed E-state index contributed by atoms with van der Waals surface area (Å²) in [5.74, 6) is -4.55. The van der Waals surface area contributed by atoms with Crippen LogP contribution in [0.4, 0.5) is 5.69 Å². The number of anilines is 1. The van der Waals surface area contributed by atoms with Gasteiger partial charge in [-0.25, -0.2) is 0 Å². The van der Waals surface area contributed by atoms with Crippen LogP contribution in [0.2, 0.25) is 5.02 Å². The van der Waals surface area contributed by atoms with Crippen molar-refractivity contribution in [2.45, 2.75) is 24.2 Å². The number of aromatic hydroxyl groups is 1. The summed E-state index contributed by atoms with van der Waals surface area (Å²) in [5.41, 5.74) is 1.74. The fourth-order valence-corrected chi connectivity index (χ4v) is 9.37. The molecular formula is C42H34ClNO7. The maximum Gasteiger partial charge on any atom is 0.238 e. The van der Waals surface area contributed by atoms with Gasteiger partial charge >= 0.3 is 0 Å². The van der Waals surface area contributed by atoms with E-state index in [0.717, 1.165) is 5.57 Å². The first kappa shape index (κ1) is 32.7. The van der Waals surface area contributed by atoms with Crippen molar-refractivity contribution < 1.29 is 33.8 Å². The van der Waals surface area contributed by atoms with Crippen LogP contribution in [0.5, 0.6) is 17.2 Å². The number of carbonyl (C=O) groups is 4. The molecule has 4 aliphatic rings. The number of halogens is 1. The van der Waals surface area contributed by atoms with Crippen LogP contribution < -0.4 is 14.4 Å². The summed E-state index contributed by atoms with van der Waals surface area (Å²) in [7, 11) is 2.95. The number of carbonyl (C=O) groups excluding carboxylic acids is 4. The first-order valence-corrected chi connectivity index (χ1v) is 17.3. The van der Waals surface area contributed by atoms with Crippen molar-refractivity contribution in [1.82, 2.24) is 0 Å². The molecule has 1 saturated heterocycles. The van der Waals surface area contributed by atoms with Crippen molar-refractivity contribution in [3.63, 3.8) is 0 Å². The molecule has 0 unspecified atom stereocenters. The number of Topliss-reactive ketones (excluding diaryl/α,β-unsaturated/α-hetero) is 1. The molecular weight excluding hydrogens is 666 g/mol. The zero-order valence-electron chi connectivity index (χ0n) is 27.9. The number of fused-ring (bicyclic) bond motifs is 4. The highest BCUT2D eigenvalue weighted by atomic mass is 35.5. The normalized spacial score (nSPS) is 26.9. The van der Waals surface area contributed by atoms with Crippen molar-refractivity contribution >= 4 is 46.2 Å².